The first-order valence-electron chi connectivity index (χ1n) is 7.07. The summed E-state index contributed by atoms with van der Waals surface area (Å²) in [5.74, 6) is 0. The van der Waals surface area contributed by atoms with Gasteiger partial charge in [0, 0.05) is 13.1 Å². The van der Waals surface area contributed by atoms with E-state index in [0.717, 1.165) is 51.9 Å². The molecule has 18 heavy (non-hydrogen) atoms. The number of ether oxygens (including phenoxy) is 1. The molecule has 1 N–H and O–H groups in total. The van der Waals surface area contributed by atoms with E-state index < -0.39 is 0 Å². The summed E-state index contributed by atoms with van der Waals surface area (Å²) in [6.45, 7) is 8.26. The first-order chi connectivity index (χ1) is 8.63. The average Bonchev–Trinajstić information content (AvgIpc) is 2.43. The molecule has 0 amide bonds. The van der Waals surface area contributed by atoms with E-state index in [1.807, 2.05) is 14.0 Å². The van der Waals surface area contributed by atoms with Crippen LogP contribution in [-0.4, -0.2) is 49.8 Å². The normalized spacial score (nSPS) is 24.4. The lowest BCUT2D eigenvalue weighted by atomic mass is 9.97. The predicted molar refractivity (Wildman–Crippen MR) is 73.4 cm³/mol. The van der Waals surface area contributed by atoms with Crippen molar-refractivity contribution in [3.8, 4) is 6.07 Å². The van der Waals surface area contributed by atoms with Crippen molar-refractivity contribution in [1.82, 2.24) is 10.2 Å². The van der Waals surface area contributed by atoms with Crippen LogP contribution in [0.1, 0.15) is 39.5 Å². The summed E-state index contributed by atoms with van der Waals surface area (Å²) in [7, 11) is 1.86. The van der Waals surface area contributed by atoms with Crippen molar-refractivity contribution in [1.29, 1.82) is 5.26 Å². The summed E-state index contributed by atoms with van der Waals surface area (Å²) in [5.41, 5.74) is -0.364. The molecule has 1 aliphatic rings. The minimum Gasteiger partial charge on any atom is -0.376 e. The van der Waals surface area contributed by atoms with Crippen LogP contribution in [0.2, 0.25) is 0 Å². The first kappa shape index (κ1) is 15.4. The van der Waals surface area contributed by atoms with Crippen LogP contribution in [0.3, 0.4) is 0 Å². The van der Waals surface area contributed by atoms with E-state index in [2.05, 4.69) is 23.2 Å². The standard InChI is InChI=1S/C14H27N3O/c1-4-13-11-17(9-10-18-13)8-6-5-7-14(2,12-15)16-3/h13,16H,4-11H2,1-3H3. The third-order valence-electron chi connectivity index (χ3n) is 3.88. The Morgan fingerprint density at radius 2 is 2.28 bits per heavy atom. The van der Waals surface area contributed by atoms with Crippen LogP contribution in [0, 0.1) is 11.3 Å². The quantitative estimate of drug-likeness (QED) is 0.703. The molecule has 1 rings (SSSR count). The highest BCUT2D eigenvalue weighted by Gasteiger charge is 2.21. The number of nitriles is 1. The Kier molecular flexibility index (Phi) is 6.62. The van der Waals surface area contributed by atoms with Gasteiger partial charge in [0.05, 0.1) is 18.8 Å². The second kappa shape index (κ2) is 7.73. The SMILES string of the molecule is CCC1CN(CCCCC(C)(C#N)NC)CCO1. The third kappa shape index (κ3) is 4.93. The van der Waals surface area contributed by atoms with E-state index in [1.165, 1.54) is 0 Å². The van der Waals surface area contributed by atoms with Crippen molar-refractivity contribution in [3.05, 3.63) is 0 Å². The van der Waals surface area contributed by atoms with Crippen molar-refractivity contribution in [2.24, 2.45) is 0 Å². The molecule has 0 aliphatic carbocycles. The van der Waals surface area contributed by atoms with Crippen molar-refractivity contribution < 1.29 is 4.74 Å². The molecule has 1 aliphatic heterocycles. The fourth-order valence-electron chi connectivity index (χ4n) is 2.28. The minimum atomic E-state index is -0.364. The lowest BCUT2D eigenvalue weighted by Crippen LogP contribution is -2.42. The van der Waals surface area contributed by atoms with Gasteiger partial charge in [-0.2, -0.15) is 5.26 Å². The molecule has 0 spiro atoms. The maximum absolute atomic E-state index is 9.06. The lowest BCUT2D eigenvalue weighted by molar-refractivity contribution is -0.0300. The zero-order valence-corrected chi connectivity index (χ0v) is 12.0. The molecule has 0 radical (unpaired) electrons. The number of hydrogen-bond donors (Lipinski definition) is 1. The van der Waals surface area contributed by atoms with Crippen LogP contribution in [-0.2, 0) is 4.74 Å². The largest absolute Gasteiger partial charge is 0.376 e. The molecule has 0 saturated carbocycles. The van der Waals surface area contributed by atoms with E-state index in [1.54, 1.807) is 0 Å². The Morgan fingerprint density at radius 3 is 2.89 bits per heavy atom. The third-order valence-corrected chi connectivity index (χ3v) is 3.88. The second-order valence-corrected chi connectivity index (χ2v) is 5.35. The van der Waals surface area contributed by atoms with Gasteiger partial charge in [0.2, 0.25) is 0 Å². The lowest BCUT2D eigenvalue weighted by Gasteiger charge is -2.32. The van der Waals surface area contributed by atoms with Crippen LogP contribution in [0.25, 0.3) is 0 Å². The summed E-state index contributed by atoms with van der Waals surface area (Å²) in [4.78, 5) is 2.49. The number of rotatable bonds is 7. The van der Waals surface area contributed by atoms with Crippen molar-refractivity contribution in [2.75, 3.05) is 33.3 Å². The van der Waals surface area contributed by atoms with E-state index in [9.17, 15) is 0 Å². The Bertz CT molecular complexity index is 277. The van der Waals surface area contributed by atoms with Gasteiger partial charge < -0.3 is 10.1 Å². The highest BCUT2D eigenvalue weighted by Crippen LogP contribution is 2.14. The van der Waals surface area contributed by atoms with Crippen LogP contribution in [0.5, 0.6) is 0 Å². The van der Waals surface area contributed by atoms with Gasteiger partial charge >= 0.3 is 0 Å². The van der Waals surface area contributed by atoms with Gasteiger partial charge in [-0.3, -0.25) is 4.90 Å². The average molecular weight is 253 g/mol. The van der Waals surface area contributed by atoms with Gasteiger partial charge in [0.15, 0.2) is 0 Å². The van der Waals surface area contributed by atoms with Gasteiger partial charge in [-0.15, -0.1) is 0 Å². The van der Waals surface area contributed by atoms with Gasteiger partial charge in [-0.25, -0.2) is 0 Å². The molecule has 2 atom stereocenters. The smallest absolute Gasteiger partial charge is 0.103 e. The van der Waals surface area contributed by atoms with Crippen LogP contribution >= 0.6 is 0 Å². The molecule has 1 fully saturated rings. The number of nitrogens with one attached hydrogen (secondary N) is 1. The van der Waals surface area contributed by atoms with Gasteiger partial charge in [-0.1, -0.05) is 6.92 Å². The molecule has 4 heteroatoms. The number of hydrogen-bond acceptors (Lipinski definition) is 4. The predicted octanol–water partition coefficient (Wildman–Crippen LogP) is 1.77. The molecular formula is C14H27N3O. The topological polar surface area (TPSA) is 48.3 Å². The Hall–Kier alpha value is -0.630. The van der Waals surface area contributed by atoms with Crippen molar-refractivity contribution >= 4 is 0 Å². The molecule has 4 nitrogen and oxygen atoms in total. The molecule has 0 aromatic rings. The molecule has 104 valence electrons. The van der Waals surface area contributed by atoms with E-state index in [4.69, 9.17) is 10.00 Å². The highest BCUT2D eigenvalue weighted by atomic mass is 16.5. The van der Waals surface area contributed by atoms with Crippen LogP contribution in [0.4, 0.5) is 0 Å². The fourth-order valence-corrected chi connectivity index (χ4v) is 2.28. The second-order valence-electron chi connectivity index (χ2n) is 5.35. The first-order valence-corrected chi connectivity index (χ1v) is 7.07. The summed E-state index contributed by atoms with van der Waals surface area (Å²) >= 11 is 0. The number of nitrogens with zero attached hydrogens (tertiary/aromatic N) is 2. The summed E-state index contributed by atoms with van der Waals surface area (Å²) in [6.07, 6.45) is 4.69. The Balaban J connectivity index is 2.16. The molecule has 2 unspecified atom stereocenters. The van der Waals surface area contributed by atoms with Crippen LogP contribution in [0.15, 0.2) is 0 Å². The van der Waals surface area contributed by atoms with Gasteiger partial charge in [-0.05, 0) is 46.2 Å². The summed E-state index contributed by atoms with van der Waals surface area (Å²) < 4.78 is 5.66. The summed E-state index contributed by atoms with van der Waals surface area (Å²) in [6, 6.07) is 2.34. The zero-order valence-electron chi connectivity index (χ0n) is 12.0. The van der Waals surface area contributed by atoms with Gasteiger partial charge in [0.25, 0.3) is 0 Å². The molecular weight excluding hydrogens is 226 g/mol. The molecule has 0 aromatic carbocycles. The highest BCUT2D eigenvalue weighted by molar-refractivity contribution is 5.02. The van der Waals surface area contributed by atoms with E-state index in [0.29, 0.717) is 6.10 Å². The summed E-state index contributed by atoms with van der Waals surface area (Å²) in [5, 5.41) is 12.1. The van der Waals surface area contributed by atoms with Crippen molar-refractivity contribution in [3.63, 3.8) is 0 Å². The zero-order chi connectivity index (χ0) is 13.4. The fraction of sp³-hybridized carbons (Fsp3) is 0.929. The van der Waals surface area contributed by atoms with Crippen LogP contribution < -0.4 is 5.32 Å². The molecule has 0 aromatic heterocycles. The maximum Gasteiger partial charge on any atom is 0.103 e. The van der Waals surface area contributed by atoms with Gasteiger partial charge in [0.1, 0.15) is 5.54 Å². The van der Waals surface area contributed by atoms with Crippen molar-refractivity contribution in [2.45, 2.75) is 51.2 Å². The number of unbranched alkanes of at least 4 members (excludes halogenated alkanes) is 1. The molecule has 1 saturated heterocycles. The number of morpholine rings is 1. The Morgan fingerprint density at radius 1 is 1.50 bits per heavy atom. The van der Waals surface area contributed by atoms with E-state index in [-0.39, 0.29) is 5.54 Å². The minimum absolute atomic E-state index is 0.364. The maximum atomic E-state index is 9.06. The molecule has 1 heterocycles. The van der Waals surface area contributed by atoms with E-state index >= 15 is 0 Å². The molecule has 0 bridgehead atoms. The Labute approximate surface area is 111 Å². The monoisotopic (exact) mass is 253 g/mol.